The van der Waals surface area contributed by atoms with E-state index in [9.17, 15) is 0 Å². The molecule has 0 aromatic heterocycles. The van der Waals surface area contributed by atoms with E-state index in [0.717, 1.165) is 16.9 Å². The Bertz CT molecular complexity index is 734. The van der Waals surface area contributed by atoms with Gasteiger partial charge in [-0.25, -0.2) is 0 Å². The van der Waals surface area contributed by atoms with Crippen LogP contribution in [0.3, 0.4) is 0 Å². The molecular formula is C19H17ClO. The summed E-state index contributed by atoms with van der Waals surface area (Å²) in [5.41, 5.74) is 2.19. The van der Waals surface area contributed by atoms with Crippen LogP contribution in [0.2, 0.25) is 0 Å². The molecule has 0 saturated heterocycles. The molecule has 0 aliphatic heterocycles. The Labute approximate surface area is 130 Å². The molecule has 0 fully saturated rings. The van der Waals surface area contributed by atoms with Crippen LogP contribution >= 0.6 is 11.6 Å². The highest BCUT2D eigenvalue weighted by atomic mass is 35.5. The number of benzene rings is 3. The van der Waals surface area contributed by atoms with E-state index in [-0.39, 0.29) is 5.38 Å². The molecule has 0 aliphatic carbocycles. The molecule has 0 N–H and O–H groups in total. The van der Waals surface area contributed by atoms with Crippen LogP contribution < -0.4 is 4.74 Å². The lowest BCUT2D eigenvalue weighted by Crippen LogP contribution is -1.95. The minimum Gasteiger partial charge on any atom is -0.494 e. The van der Waals surface area contributed by atoms with Crippen molar-refractivity contribution >= 4 is 22.4 Å². The number of alkyl halides is 1. The first-order valence-corrected chi connectivity index (χ1v) is 7.57. The van der Waals surface area contributed by atoms with Gasteiger partial charge in [0, 0.05) is 0 Å². The first kappa shape index (κ1) is 14.0. The molecule has 0 radical (unpaired) electrons. The smallest absolute Gasteiger partial charge is 0.119 e. The molecule has 0 amide bonds. The highest BCUT2D eigenvalue weighted by Gasteiger charge is 2.11. The number of hydrogen-bond donors (Lipinski definition) is 0. The fourth-order valence-electron chi connectivity index (χ4n) is 2.46. The first-order chi connectivity index (χ1) is 10.3. The largest absolute Gasteiger partial charge is 0.494 e. The zero-order valence-corrected chi connectivity index (χ0v) is 12.7. The molecule has 0 heterocycles. The second kappa shape index (κ2) is 6.19. The molecule has 0 bridgehead atoms. The third-order valence-corrected chi connectivity index (χ3v) is 4.05. The molecule has 1 atom stereocenters. The molecule has 3 aromatic rings. The highest BCUT2D eigenvalue weighted by molar-refractivity contribution is 6.22. The summed E-state index contributed by atoms with van der Waals surface area (Å²) in [6.07, 6.45) is 0. The topological polar surface area (TPSA) is 9.23 Å². The van der Waals surface area contributed by atoms with Crippen molar-refractivity contribution in [1.82, 2.24) is 0 Å². The number of fused-ring (bicyclic) bond motifs is 1. The summed E-state index contributed by atoms with van der Waals surface area (Å²) >= 11 is 6.62. The van der Waals surface area contributed by atoms with Gasteiger partial charge < -0.3 is 4.74 Å². The number of ether oxygens (including phenoxy) is 1. The Morgan fingerprint density at radius 2 is 1.52 bits per heavy atom. The van der Waals surface area contributed by atoms with E-state index in [2.05, 4.69) is 30.3 Å². The average Bonchev–Trinajstić information content (AvgIpc) is 2.55. The second-order valence-corrected chi connectivity index (χ2v) is 5.41. The highest BCUT2D eigenvalue weighted by Crippen LogP contribution is 2.31. The van der Waals surface area contributed by atoms with E-state index in [4.69, 9.17) is 16.3 Å². The Morgan fingerprint density at radius 1 is 0.857 bits per heavy atom. The molecule has 0 aliphatic rings. The Balaban J connectivity index is 1.90. The van der Waals surface area contributed by atoms with Crippen LogP contribution in [-0.2, 0) is 0 Å². The van der Waals surface area contributed by atoms with Gasteiger partial charge in [0.1, 0.15) is 5.75 Å². The lowest BCUT2D eigenvalue weighted by atomic mass is 10.0. The zero-order chi connectivity index (χ0) is 14.7. The Morgan fingerprint density at radius 3 is 2.24 bits per heavy atom. The van der Waals surface area contributed by atoms with Gasteiger partial charge in [0.15, 0.2) is 0 Å². The van der Waals surface area contributed by atoms with E-state index < -0.39 is 0 Å². The molecular weight excluding hydrogens is 280 g/mol. The monoisotopic (exact) mass is 296 g/mol. The predicted molar refractivity (Wildman–Crippen MR) is 89.3 cm³/mol. The van der Waals surface area contributed by atoms with Crippen molar-refractivity contribution in [2.24, 2.45) is 0 Å². The molecule has 106 valence electrons. The van der Waals surface area contributed by atoms with Crippen molar-refractivity contribution in [2.45, 2.75) is 12.3 Å². The van der Waals surface area contributed by atoms with Crippen molar-refractivity contribution in [3.05, 3.63) is 77.9 Å². The van der Waals surface area contributed by atoms with Gasteiger partial charge in [-0.2, -0.15) is 0 Å². The standard InChI is InChI=1S/C19H17ClO/c1-2-21-18-11-9-15(10-12-18)19(20)17-8-7-14-5-3-4-6-16(14)13-17/h3-13,19H,2H2,1H3. The summed E-state index contributed by atoms with van der Waals surface area (Å²) in [4.78, 5) is 0. The van der Waals surface area contributed by atoms with Gasteiger partial charge in [-0.15, -0.1) is 11.6 Å². The van der Waals surface area contributed by atoms with Crippen molar-refractivity contribution < 1.29 is 4.74 Å². The molecule has 3 rings (SSSR count). The van der Waals surface area contributed by atoms with Crippen LogP contribution in [0.5, 0.6) is 5.75 Å². The molecule has 3 aromatic carbocycles. The summed E-state index contributed by atoms with van der Waals surface area (Å²) < 4.78 is 5.46. The molecule has 1 unspecified atom stereocenters. The zero-order valence-electron chi connectivity index (χ0n) is 11.9. The van der Waals surface area contributed by atoms with E-state index in [0.29, 0.717) is 6.61 Å². The van der Waals surface area contributed by atoms with Crippen LogP contribution in [0, 0.1) is 0 Å². The Hall–Kier alpha value is -1.99. The average molecular weight is 297 g/mol. The summed E-state index contributed by atoms with van der Waals surface area (Å²) in [7, 11) is 0. The maximum absolute atomic E-state index is 6.62. The summed E-state index contributed by atoms with van der Waals surface area (Å²) in [5.74, 6) is 0.878. The summed E-state index contributed by atoms with van der Waals surface area (Å²) in [6.45, 7) is 2.65. The molecule has 0 saturated carbocycles. The van der Waals surface area contributed by atoms with Crippen LogP contribution in [0.4, 0.5) is 0 Å². The lowest BCUT2D eigenvalue weighted by molar-refractivity contribution is 0.340. The van der Waals surface area contributed by atoms with Crippen molar-refractivity contribution in [1.29, 1.82) is 0 Å². The Kier molecular flexibility index (Phi) is 4.12. The lowest BCUT2D eigenvalue weighted by Gasteiger charge is -2.12. The second-order valence-electron chi connectivity index (χ2n) is 4.97. The number of hydrogen-bond acceptors (Lipinski definition) is 1. The minimum absolute atomic E-state index is 0.148. The maximum Gasteiger partial charge on any atom is 0.119 e. The third-order valence-electron chi connectivity index (χ3n) is 3.55. The molecule has 2 heteroatoms. The summed E-state index contributed by atoms with van der Waals surface area (Å²) in [5, 5.41) is 2.30. The maximum atomic E-state index is 6.62. The van der Waals surface area contributed by atoms with Gasteiger partial charge in [0.25, 0.3) is 0 Å². The van der Waals surface area contributed by atoms with Gasteiger partial charge in [-0.3, -0.25) is 0 Å². The third kappa shape index (κ3) is 3.03. The van der Waals surface area contributed by atoms with E-state index in [1.165, 1.54) is 10.8 Å². The molecule has 1 nitrogen and oxygen atoms in total. The fraction of sp³-hybridized carbons (Fsp3) is 0.158. The van der Waals surface area contributed by atoms with Gasteiger partial charge in [-0.1, -0.05) is 48.5 Å². The number of rotatable bonds is 4. The van der Waals surface area contributed by atoms with Gasteiger partial charge in [0.2, 0.25) is 0 Å². The van der Waals surface area contributed by atoms with Crippen LogP contribution in [0.1, 0.15) is 23.4 Å². The van der Waals surface area contributed by atoms with E-state index >= 15 is 0 Å². The van der Waals surface area contributed by atoms with E-state index in [1.807, 2.05) is 43.3 Å². The SMILES string of the molecule is CCOc1ccc(C(Cl)c2ccc3ccccc3c2)cc1. The number of halogens is 1. The van der Waals surface area contributed by atoms with Crippen molar-refractivity contribution in [3.63, 3.8) is 0 Å². The van der Waals surface area contributed by atoms with Crippen molar-refractivity contribution in [2.75, 3.05) is 6.61 Å². The van der Waals surface area contributed by atoms with Crippen LogP contribution in [0.25, 0.3) is 10.8 Å². The van der Waals surface area contributed by atoms with Gasteiger partial charge in [-0.05, 0) is 47.0 Å². The predicted octanol–water partition coefficient (Wildman–Crippen LogP) is 5.57. The van der Waals surface area contributed by atoms with Crippen molar-refractivity contribution in [3.8, 4) is 5.75 Å². The van der Waals surface area contributed by atoms with Gasteiger partial charge >= 0.3 is 0 Å². The fourth-order valence-corrected chi connectivity index (χ4v) is 2.74. The van der Waals surface area contributed by atoms with Crippen LogP contribution in [0.15, 0.2) is 66.7 Å². The quantitative estimate of drug-likeness (QED) is 0.572. The minimum atomic E-state index is -0.148. The molecule has 0 spiro atoms. The van der Waals surface area contributed by atoms with Crippen LogP contribution in [-0.4, -0.2) is 6.61 Å². The molecule has 21 heavy (non-hydrogen) atoms. The van der Waals surface area contributed by atoms with E-state index in [1.54, 1.807) is 0 Å². The van der Waals surface area contributed by atoms with Gasteiger partial charge in [0.05, 0.1) is 12.0 Å². The summed E-state index contributed by atoms with van der Waals surface area (Å²) in [6, 6.07) is 22.7. The first-order valence-electron chi connectivity index (χ1n) is 7.13. The normalized spacial score (nSPS) is 12.3.